The van der Waals surface area contributed by atoms with E-state index in [-0.39, 0.29) is 5.57 Å². The minimum atomic E-state index is -0.588. The lowest BCUT2D eigenvalue weighted by molar-refractivity contribution is -0.129. The van der Waals surface area contributed by atoms with Gasteiger partial charge in [-0.2, -0.15) is 0 Å². The van der Waals surface area contributed by atoms with Gasteiger partial charge in [0.25, 0.3) is 5.91 Å². The molecule has 1 N–H and O–H groups in total. The van der Waals surface area contributed by atoms with Crippen molar-refractivity contribution in [1.29, 1.82) is 0 Å². The molecule has 1 heterocycles. The Kier molecular flexibility index (Phi) is 4.55. The van der Waals surface area contributed by atoms with Gasteiger partial charge in [0, 0.05) is 14.1 Å². The van der Waals surface area contributed by atoms with Gasteiger partial charge in [-0.1, -0.05) is 24.8 Å². The average Bonchev–Trinajstić information content (AvgIpc) is 2.57. The number of benzene rings is 1. The first kappa shape index (κ1) is 16.4. The van der Waals surface area contributed by atoms with Gasteiger partial charge in [0.05, 0.1) is 7.11 Å². The fourth-order valence-corrected chi connectivity index (χ4v) is 2.08. The minimum Gasteiger partial charge on any atom is -0.497 e. The molecule has 0 saturated heterocycles. The van der Waals surface area contributed by atoms with Crippen LogP contribution in [0.1, 0.15) is 5.56 Å². The van der Waals surface area contributed by atoms with Crippen molar-refractivity contribution in [2.75, 3.05) is 21.2 Å². The maximum atomic E-state index is 12.3. The summed E-state index contributed by atoms with van der Waals surface area (Å²) in [6, 6.07) is 7.08. The number of carbonyl (C=O) groups excluding carboxylic acids is 2. The lowest BCUT2D eigenvalue weighted by Gasteiger charge is -2.33. The topological polar surface area (TPSA) is 70.1 Å². The maximum Gasteiger partial charge on any atom is 0.268 e. The zero-order valence-corrected chi connectivity index (χ0v) is 13.2. The predicted octanol–water partition coefficient (Wildman–Crippen LogP) is 1.92. The molecule has 0 bridgehead atoms. The molecule has 1 aromatic carbocycles. The Labute approximate surface area is 134 Å². The van der Waals surface area contributed by atoms with Crippen molar-refractivity contribution in [2.24, 2.45) is 0 Å². The molecular formula is C17H18N2O4. The SMILES string of the molecule is C=C1N(C)C(=O)C(C(=O)/C=C/c2ccc(OC)cc2)=C(O)N1C. The second kappa shape index (κ2) is 6.39. The molecule has 0 unspecified atom stereocenters. The van der Waals surface area contributed by atoms with Crippen LogP contribution in [0.25, 0.3) is 6.08 Å². The van der Waals surface area contributed by atoms with Gasteiger partial charge in [-0.3, -0.25) is 14.5 Å². The van der Waals surface area contributed by atoms with Gasteiger partial charge >= 0.3 is 0 Å². The zero-order valence-electron chi connectivity index (χ0n) is 13.2. The smallest absolute Gasteiger partial charge is 0.268 e. The van der Waals surface area contributed by atoms with Gasteiger partial charge in [-0.15, -0.1) is 0 Å². The van der Waals surface area contributed by atoms with E-state index in [1.54, 1.807) is 37.5 Å². The number of ketones is 1. The molecule has 120 valence electrons. The summed E-state index contributed by atoms with van der Waals surface area (Å²) in [5.41, 5.74) is 0.487. The lowest BCUT2D eigenvalue weighted by Crippen LogP contribution is -2.42. The summed E-state index contributed by atoms with van der Waals surface area (Å²) in [6.45, 7) is 3.68. The van der Waals surface area contributed by atoms with E-state index in [1.807, 2.05) is 0 Å². The monoisotopic (exact) mass is 314 g/mol. The molecule has 6 nitrogen and oxygen atoms in total. The van der Waals surface area contributed by atoms with Crippen LogP contribution < -0.4 is 4.74 Å². The molecule has 1 amide bonds. The summed E-state index contributed by atoms with van der Waals surface area (Å²) in [5.74, 6) is -0.562. The van der Waals surface area contributed by atoms with Gasteiger partial charge in [-0.25, -0.2) is 0 Å². The minimum absolute atomic E-state index is 0.285. The molecule has 1 aromatic rings. The molecule has 0 aliphatic carbocycles. The summed E-state index contributed by atoms with van der Waals surface area (Å²) < 4.78 is 5.06. The van der Waals surface area contributed by atoms with E-state index in [2.05, 4.69) is 6.58 Å². The van der Waals surface area contributed by atoms with Crippen molar-refractivity contribution in [3.63, 3.8) is 0 Å². The molecule has 0 aromatic heterocycles. The molecule has 23 heavy (non-hydrogen) atoms. The van der Waals surface area contributed by atoms with Crippen LogP contribution in [-0.2, 0) is 9.59 Å². The molecule has 0 saturated carbocycles. The van der Waals surface area contributed by atoms with Crippen LogP contribution in [0.2, 0.25) is 0 Å². The summed E-state index contributed by atoms with van der Waals surface area (Å²) in [7, 11) is 4.59. The fraction of sp³-hybridized carbons (Fsp3) is 0.176. The van der Waals surface area contributed by atoms with E-state index in [0.717, 1.165) is 5.56 Å². The molecule has 0 spiro atoms. The number of allylic oxidation sites excluding steroid dienone is 1. The van der Waals surface area contributed by atoms with Crippen LogP contribution in [0.5, 0.6) is 5.75 Å². The van der Waals surface area contributed by atoms with E-state index < -0.39 is 17.6 Å². The molecule has 0 fully saturated rings. The Bertz CT molecular complexity index is 717. The predicted molar refractivity (Wildman–Crippen MR) is 86.4 cm³/mol. The van der Waals surface area contributed by atoms with Gasteiger partial charge in [-0.05, 0) is 23.8 Å². The molecular weight excluding hydrogens is 296 g/mol. The van der Waals surface area contributed by atoms with Gasteiger partial charge in [0.15, 0.2) is 5.78 Å². The van der Waals surface area contributed by atoms with Gasteiger partial charge < -0.3 is 14.7 Å². The van der Waals surface area contributed by atoms with Crippen LogP contribution >= 0.6 is 0 Å². The number of aliphatic hydroxyl groups is 1. The van der Waals surface area contributed by atoms with Crippen molar-refractivity contribution in [3.8, 4) is 5.75 Å². The van der Waals surface area contributed by atoms with Crippen molar-refractivity contribution in [2.45, 2.75) is 0 Å². The molecule has 6 heteroatoms. The maximum absolute atomic E-state index is 12.3. The first-order valence-electron chi connectivity index (χ1n) is 6.87. The molecule has 1 aliphatic heterocycles. The Morgan fingerprint density at radius 3 is 2.39 bits per heavy atom. The third-order valence-electron chi connectivity index (χ3n) is 3.62. The highest BCUT2D eigenvalue weighted by Gasteiger charge is 2.34. The second-order valence-electron chi connectivity index (χ2n) is 5.01. The fourth-order valence-electron chi connectivity index (χ4n) is 2.08. The lowest BCUT2D eigenvalue weighted by atomic mass is 10.1. The summed E-state index contributed by atoms with van der Waals surface area (Å²) in [4.78, 5) is 27.0. The third kappa shape index (κ3) is 3.11. The van der Waals surface area contributed by atoms with E-state index in [1.165, 1.54) is 30.0 Å². The first-order valence-corrected chi connectivity index (χ1v) is 6.87. The number of likely N-dealkylation sites (N-methyl/N-ethyl adjacent to an activating group) is 1. The number of ether oxygens (including phenoxy) is 1. The summed E-state index contributed by atoms with van der Waals surface area (Å²) >= 11 is 0. The van der Waals surface area contributed by atoms with Crippen LogP contribution in [-0.4, -0.2) is 47.8 Å². The Morgan fingerprint density at radius 1 is 1.22 bits per heavy atom. The first-order chi connectivity index (χ1) is 10.9. The number of aliphatic hydroxyl groups excluding tert-OH is 1. The largest absolute Gasteiger partial charge is 0.497 e. The number of carbonyl (C=O) groups is 2. The van der Waals surface area contributed by atoms with Gasteiger partial charge in [0.2, 0.25) is 5.88 Å². The van der Waals surface area contributed by atoms with Crippen LogP contribution in [0, 0.1) is 0 Å². The van der Waals surface area contributed by atoms with Gasteiger partial charge in [0.1, 0.15) is 17.1 Å². The number of hydrogen-bond acceptors (Lipinski definition) is 5. The number of nitrogens with zero attached hydrogens (tertiary/aromatic N) is 2. The second-order valence-corrected chi connectivity index (χ2v) is 5.01. The molecule has 2 rings (SSSR count). The number of hydrogen-bond donors (Lipinski definition) is 1. The van der Waals surface area contributed by atoms with Crippen molar-refractivity contribution >= 4 is 17.8 Å². The highest BCUT2D eigenvalue weighted by molar-refractivity contribution is 6.25. The number of amides is 1. The summed E-state index contributed by atoms with van der Waals surface area (Å²) in [5, 5.41) is 10.1. The van der Waals surface area contributed by atoms with Crippen LogP contribution in [0.15, 0.2) is 54.2 Å². The summed E-state index contributed by atoms with van der Waals surface area (Å²) in [6.07, 6.45) is 2.82. The van der Waals surface area contributed by atoms with E-state index in [9.17, 15) is 14.7 Å². The Balaban J connectivity index is 2.26. The number of rotatable bonds is 4. The van der Waals surface area contributed by atoms with E-state index in [4.69, 9.17) is 4.74 Å². The molecule has 0 atom stereocenters. The molecule has 0 radical (unpaired) electrons. The Morgan fingerprint density at radius 2 is 1.83 bits per heavy atom. The van der Waals surface area contributed by atoms with Crippen molar-refractivity contribution in [3.05, 3.63) is 59.8 Å². The van der Waals surface area contributed by atoms with Crippen LogP contribution in [0.4, 0.5) is 0 Å². The van der Waals surface area contributed by atoms with Crippen molar-refractivity contribution < 1.29 is 19.4 Å². The third-order valence-corrected chi connectivity index (χ3v) is 3.62. The molecule has 1 aliphatic rings. The highest BCUT2D eigenvalue weighted by Crippen LogP contribution is 2.23. The normalized spacial score (nSPS) is 15.6. The van der Waals surface area contributed by atoms with E-state index >= 15 is 0 Å². The quantitative estimate of drug-likeness (QED) is 0.679. The Hall–Kier alpha value is -3.02. The standard InChI is InChI=1S/C17H18N2O4/c1-11-18(2)16(21)15(17(22)19(11)3)14(20)10-7-12-5-8-13(23-4)9-6-12/h5-10,21H,1H2,2-4H3/b10-7+. The van der Waals surface area contributed by atoms with E-state index in [0.29, 0.717) is 11.6 Å². The average molecular weight is 314 g/mol. The van der Waals surface area contributed by atoms with Crippen molar-refractivity contribution in [1.82, 2.24) is 9.80 Å². The number of methoxy groups -OCH3 is 1. The highest BCUT2D eigenvalue weighted by atomic mass is 16.5. The van der Waals surface area contributed by atoms with Crippen LogP contribution in [0.3, 0.4) is 0 Å². The zero-order chi connectivity index (χ0) is 17.1.